The number of halogens is 1. The van der Waals surface area contributed by atoms with Crippen molar-refractivity contribution in [3.8, 4) is 5.88 Å². The smallest absolute Gasteiger partial charge is 0.238 e. The number of hydrogen-bond donors (Lipinski definition) is 1. The predicted molar refractivity (Wildman–Crippen MR) is 55.1 cm³/mol. The second-order valence-corrected chi connectivity index (χ2v) is 3.85. The number of aromatic hydroxyl groups is 1. The topological polar surface area (TPSA) is 38.0 Å². The van der Waals surface area contributed by atoms with Crippen LogP contribution in [0.5, 0.6) is 5.88 Å². The van der Waals surface area contributed by atoms with E-state index in [-0.39, 0.29) is 5.88 Å². The predicted octanol–water partition coefficient (Wildman–Crippen LogP) is 1.88. The second-order valence-electron chi connectivity index (χ2n) is 2.61. The third kappa shape index (κ3) is 1.06. The molecular weight excluding hydrogens is 267 g/mol. The maximum Gasteiger partial charge on any atom is 0.238 e. The first-order chi connectivity index (χ1) is 5.68. The van der Waals surface area contributed by atoms with Crippen molar-refractivity contribution in [2.75, 3.05) is 0 Å². The van der Waals surface area contributed by atoms with Crippen LogP contribution in [0.1, 0.15) is 0 Å². The van der Waals surface area contributed by atoms with E-state index in [4.69, 9.17) is 0 Å². The molecule has 1 N–H and O–H groups in total. The van der Waals surface area contributed by atoms with E-state index in [9.17, 15) is 5.11 Å². The lowest BCUT2D eigenvalue weighted by atomic mass is 10.2. The molecule has 0 aliphatic carbocycles. The van der Waals surface area contributed by atoms with Crippen molar-refractivity contribution in [1.29, 1.82) is 0 Å². The first kappa shape index (κ1) is 7.85. The van der Waals surface area contributed by atoms with Gasteiger partial charge in [-0.1, -0.05) is 0 Å². The van der Waals surface area contributed by atoms with Gasteiger partial charge in [0.15, 0.2) is 0 Å². The Labute approximate surface area is 83.1 Å². The van der Waals surface area contributed by atoms with Gasteiger partial charge in [-0.15, -0.1) is 5.10 Å². The van der Waals surface area contributed by atoms with Crippen LogP contribution < -0.4 is 0 Å². The molecule has 2 rings (SSSR count). The molecule has 1 aromatic heterocycles. The van der Waals surface area contributed by atoms with Gasteiger partial charge in [-0.25, -0.2) is 0 Å². The molecule has 1 aromatic carbocycles. The van der Waals surface area contributed by atoms with E-state index in [1.165, 1.54) is 0 Å². The van der Waals surface area contributed by atoms with Crippen molar-refractivity contribution in [2.45, 2.75) is 0 Å². The Kier molecular flexibility index (Phi) is 1.71. The third-order valence-corrected chi connectivity index (χ3v) is 2.46. The monoisotopic (exact) mass is 274 g/mol. The molecule has 0 atom stereocenters. The van der Waals surface area contributed by atoms with E-state index in [0.717, 1.165) is 14.5 Å². The molecule has 12 heavy (non-hydrogen) atoms. The summed E-state index contributed by atoms with van der Waals surface area (Å²) in [5.74, 6) is 0.103. The Morgan fingerprint density at radius 1 is 1.50 bits per heavy atom. The first-order valence-electron chi connectivity index (χ1n) is 3.50. The zero-order valence-electron chi connectivity index (χ0n) is 6.45. The summed E-state index contributed by atoms with van der Waals surface area (Å²) in [7, 11) is 1.81. The Bertz CT molecular complexity index is 436. The minimum absolute atomic E-state index is 0.103. The van der Waals surface area contributed by atoms with Crippen LogP contribution >= 0.6 is 22.6 Å². The average Bonchev–Trinajstić information content (AvgIpc) is 2.28. The molecule has 0 amide bonds. The summed E-state index contributed by atoms with van der Waals surface area (Å²) in [6, 6.07) is 5.85. The molecule has 0 bridgehead atoms. The Morgan fingerprint density at radius 2 is 2.25 bits per heavy atom. The summed E-state index contributed by atoms with van der Waals surface area (Å²) in [6.45, 7) is 0. The van der Waals surface area contributed by atoms with Gasteiger partial charge >= 0.3 is 0 Å². The van der Waals surface area contributed by atoms with Crippen LogP contribution in [-0.2, 0) is 7.05 Å². The molecule has 0 radical (unpaired) electrons. The van der Waals surface area contributed by atoms with Crippen LogP contribution in [0.4, 0.5) is 0 Å². The fraction of sp³-hybridized carbons (Fsp3) is 0.125. The van der Waals surface area contributed by atoms with Gasteiger partial charge in [0.1, 0.15) is 0 Å². The molecular formula is C8H7IN2O. The summed E-state index contributed by atoms with van der Waals surface area (Å²) in [6.07, 6.45) is 0. The fourth-order valence-electron chi connectivity index (χ4n) is 1.22. The van der Waals surface area contributed by atoms with Gasteiger partial charge in [0.05, 0.1) is 10.9 Å². The van der Waals surface area contributed by atoms with Gasteiger partial charge < -0.3 is 5.11 Å². The summed E-state index contributed by atoms with van der Waals surface area (Å²) in [5, 5.41) is 14.1. The Balaban J connectivity index is 2.90. The van der Waals surface area contributed by atoms with Crippen molar-refractivity contribution in [2.24, 2.45) is 7.05 Å². The summed E-state index contributed by atoms with van der Waals surface area (Å²) in [4.78, 5) is 0. The molecule has 0 aliphatic rings. The van der Waals surface area contributed by atoms with Crippen LogP contribution in [0.2, 0.25) is 0 Å². The van der Waals surface area contributed by atoms with E-state index in [1.54, 1.807) is 4.68 Å². The second kappa shape index (κ2) is 2.62. The van der Waals surface area contributed by atoms with Crippen molar-refractivity contribution in [3.05, 3.63) is 21.8 Å². The SMILES string of the molecule is Cn1nc(O)c2cc(I)ccc21. The van der Waals surface area contributed by atoms with E-state index >= 15 is 0 Å². The molecule has 0 saturated heterocycles. The maximum atomic E-state index is 9.38. The molecule has 0 unspecified atom stereocenters. The highest BCUT2D eigenvalue weighted by molar-refractivity contribution is 14.1. The van der Waals surface area contributed by atoms with Gasteiger partial charge in [-0.05, 0) is 40.8 Å². The van der Waals surface area contributed by atoms with Gasteiger partial charge in [0, 0.05) is 10.6 Å². The van der Waals surface area contributed by atoms with Crippen LogP contribution in [-0.4, -0.2) is 14.9 Å². The minimum Gasteiger partial charge on any atom is -0.492 e. The summed E-state index contributed by atoms with van der Waals surface area (Å²) < 4.78 is 2.77. The van der Waals surface area contributed by atoms with Crippen molar-refractivity contribution in [3.63, 3.8) is 0 Å². The number of rotatable bonds is 0. The molecule has 0 aliphatic heterocycles. The highest BCUT2D eigenvalue weighted by Gasteiger charge is 2.05. The zero-order chi connectivity index (χ0) is 8.72. The first-order valence-corrected chi connectivity index (χ1v) is 4.57. The molecule has 0 fully saturated rings. The van der Waals surface area contributed by atoms with Crippen molar-refractivity contribution >= 4 is 33.5 Å². The minimum atomic E-state index is 0.103. The molecule has 4 heteroatoms. The molecule has 3 nitrogen and oxygen atoms in total. The molecule has 0 saturated carbocycles. The van der Waals surface area contributed by atoms with E-state index in [2.05, 4.69) is 27.7 Å². The highest BCUT2D eigenvalue weighted by atomic mass is 127. The Morgan fingerprint density at radius 3 is 3.00 bits per heavy atom. The van der Waals surface area contributed by atoms with E-state index in [0.29, 0.717) is 0 Å². The van der Waals surface area contributed by atoms with Crippen LogP contribution in [0.15, 0.2) is 18.2 Å². The Hall–Kier alpha value is -0.780. The number of benzene rings is 1. The normalized spacial score (nSPS) is 10.8. The standard InChI is InChI=1S/C8H7IN2O/c1-11-7-3-2-5(9)4-6(7)8(12)10-11/h2-4H,1H3,(H,10,12). The lowest BCUT2D eigenvalue weighted by molar-refractivity contribution is 0.449. The number of hydrogen-bond acceptors (Lipinski definition) is 2. The third-order valence-electron chi connectivity index (χ3n) is 1.79. The number of nitrogens with zero attached hydrogens (tertiary/aromatic N) is 2. The molecule has 0 spiro atoms. The quantitative estimate of drug-likeness (QED) is 0.745. The van der Waals surface area contributed by atoms with Gasteiger partial charge in [0.2, 0.25) is 5.88 Å². The average molecular weight is 274 g/mol. The number of aromatic nitrogens is 2. The fourth-order valence-corrected chi connectivity index (χ4v) is 1.71. The van der Waals surface area contributed by atoms with Gasteiger partial charge in [-0.2, -0.15) is 0 Å². The van der Waals surface area contributed by atoms with Crippen molar-refractivity contribution in [1.82, 2.24) is 9.78 Å². The maximum absolute atomic E-state index is 9.38. The molecule has 2 aromatic rings. The lowest BCUT2D eigenvalue weighted by Crippen LogP contribution is -1.88. The van der Waals surface area contributed by atoms with Gasteiger partial charge in [0.25, 0.3) is 0 Å². The molecule has 1 heterocycles. The number of fused-ring (bicyclic) bond motifs is 1. The van der Waals surface area contributed by atoms with Crippen LogP contribution in [0.3, 0.4) is 0 Å². The van der Waals surface area contributed by atoms with Gasteiger partial charge in [-0.3, -0.25) is 4.68 Å². The zero-order valence-corrected chi connectivity index (χ0v) is 8.61. The summed E-state index contributed by atoms with van der Waals surface area (Å²) in [5.41, 5.74) is 0.952. The highest BCUT2D eigenvalue weighted by Crippen LogP contribution is 2.24. The molecule has 62 valence electrons. The largest absolute Gasteiger partial charge is 0.492 e. The van der Waals surface area contributed by atoms with Crippen LogP contribution in [0.25, 0.3) is 10.9 Å². The van der Waals surface area contributed by atoms with Crippen molar-refractivity contribution < 1.29 is 5.11 Å². The summed E-state index contributed by atoms with van der Waals surface area (Å²) >= 11 is 2.21. The van der Waals surface area contributed by atoms with E-state index in [1.807, 2.05) is 25.2 Å². The van der Waals surface area contributed by atoms with Crippen LogP contribution in [0, 0.1) is 3.57 Å². The number of aryl methyl sites for hydroxylation is 1. The lowest BCUT2D eigenvalue weighted by Gasteiger charge is -1.92. The van der Waals surface area contributed by atoms with E-state index < -0.39 is 0 Å².